The molecule has 0 heterocycles. The molecule has 2 aromatic carbocycles. The van der Waals surface area contributed by atoms with Crippen molar-refractivity contribution in [3.63, 3.8) is 0 Å². The summed E-state index contributed by atoms with van der Waals surface area (Å²) in [5.41, 5.74) is 0. The normalized spacial score (nSPS) is 11.4. The fourth-order valence-corrected chi connectivity index (χ4v) is 5.73. The Balaban J connectivity index is 2.51. The van der Waals surface area contributed by atoms with Crippen LogP contribution >= 0.6 is 33.8 Å². The highest BCUT2D eigenvalue weighted by atomic mass is 35.7. The van der Waals surface area contributed by atoms with Gasteiger partial charge in [-0.25, -0.2) is 0 Å². The Labute approximate surface area is 110 Å². The molecule has 0 aromatic heterocycles. The molecular weight excluding hydrogens is 279 g/mol. The van der Waals surface area contributed by atoms with Gasteiger partial charge in [-0.2, -0.15) is 0 Å². The van der Waals surface area contributed by atoms with Crippen molar-refractivity contribution in [2.75, 3.05) is 0 Å². The van der Waals surface area contributed by atoms with Crippen molar-refractivity contribution in [3.8, 4) is 0 Å². The highest BCUT2D eigenvalue weighted by molar-refractivity contribution is 7.56. The van der Waals surface area contributed by atoms with Gasteiger partial charge in [0.2, 0.25) is 0 Å². The van der Waals surface area contributed by atoms with E-state index in [1.807, 2.05) is 54.6 Å². The molecule has 0 radical (unpaired) electrons. The van der Waals surface area contributed by atoms with E-state index >= 15 is 0 Å². The van der Waals surface area contributed by atoms with Gasteiger partial charge in [0, 0.05) is 5.02 Å². The lowest BCUT2D eigenvalue weighted by atomic mass is 10.4. The van der Waals surface area contributed by atoms with Crippen molar-refractivity contribution in [2.45, 2.75) is 0 Å². The van der Waals surface area contributed by atoms with E-state index in [-0.39, 0.29) is 0 Å². The number of halogens is 3. The van der Waals surface area contributed by atoms with Crippen molar-refractivity contribution < 1.29 is 0 Å². The fourth-order valence-electron chi connectivity index (χ4n) is 1.52. The standard InChI is InChI=1S/C12H9Cl3Si/c13-11-8-4-5-9-12(11)16(14,15)10-6-2-1-3-7-10/h1-9H. The molecule has 0 saturated carbocycles. The minimum Gasteiger partial charge on any atom is -0.134 e. The van der Waals surface area contributed by atoms with Crippen LogP contribution in [-0.4, -0.2) is 6.69 Å². The zero-order chi connectivity index (χ0) is 11.6. The van der Waals surface area contributed by atoms with Crippen LogP contribution in [0.1, 0.15) is 0 Å². The minimum absolute atomic E-state index is 0.628. The maximum atomic E-state index is 6.51. The molecule has 0 atom stereocenters. The predicted molar refractivity (Wildman–Crippen MR) is 74.6 cm³/mol. The second kappa shape index (κ2) is 4.80. The molecule has 0 nitrogen and oxygen atoms in total. The largest absolute Gasteiger partial charge is 0.311 e. The monoisotopic (exact) mass is 286 g/mol. The smallest absolute Gasteiger partial charge is 0.134 e. The van der Waals surface area contributed by atoms with Crippen LogP contribution in [0, 0.1) is 0 Å². The number of rotatable bonds is 2. The molecule has 0 N–H and O–H groups in total. The van der Waals surface area contributed by atoms with Crippen molar-refractivity contribution in [1.29, 1.82) is 0 Å². The Kier molecular flexibility index (Phi) is 3.60. The van der Waals surface area contributed by atoms with E-state index in [0.717, 1.165) is 10.4 Å². The van der Waals surface area contributed by atoms with Crippen LogP contribution in [0.25, 0.3) is 0 Å². The predicted octanol–water partition coefficient (Wildman–Crippen LogP) is 3.37. The molecule has 82 valence electrons. The van der Waals surface area contributed by atoms with E-state index in [0.29, 0.717) is 5.02 Å². The zero-order valence-electron chi connectivity index (χ0n) is 8.33. The van der Waals surface area contributed by atoms with Crippen molar-refractivity contribution in [2.24, 2.45) is 0 Å². The summed E-state index contributed by atoms with van der Waals surface area (Å²) in [5, 5.41) is 2.42. The highest BCUT2D eigenvalue weighted by Gasteiger charge is 2.34. The molecule has 0 aliphatic carbocycles. The lowest BCUT2D eigenvalue weighted by molar-refractivity contribution is 1.74. The summed E-state index contributed by atoms with van der Waals surface area (Å²) in [5.74, 6) is 0. The third kappa shape index (κ3) is 2.28. The molecule has 0 amide bonds. The molecule has 0 aliphatic rings. The van der Waals surface area contributed by atoms with Crippen LogP contribution in [0.3, 0.4) is 0 Å². The molecule has 0 fully saturated rings. The third-order valence-corrected chi connectivity index (χ3v) is 7.54. The molecule has 0 bridgehead atoms. The van der Waals surface area contributed by atoms with E-state index < -0.39 is 6.69 Å². The maximum absolute atomic E-state index is 6.51. The number of hydrogen-bond acceptors (Lipinski definition) is 0. The minimum atomic E-state index is -2.69. The van der Waals surface area contributed by atoms with Crippen LogP contribution in [0.4, 0.5) is 0 Å². The van der Waals surface area contributed by atoms with Gasteiger partial charge >= 0.3 is 6.69 Å². The highest BCUT2D eigenvalue weighted by Crippen LogP contribution is 2.19. The quantitative estimate of drug-likeness (QED) is 0.587. The van der Waals surface area contributed by atoms with Crippen molar-refractivity contribution in [3.05, 3.63) is 59.6 Å². The molecule has 0 aliphatic heterocycles. The Hall–Kier alpha value is -0.473. The van der Waals surface area contributed by atoms with Crippen LogP contribution in [0.2, 0.25) is 5.02 Å². The Morgan fingerprint density at radius 3 is 1.94 bits per heavy atom. The van der Waals surface area contributed by atoms with Gasteiger partial charge in [-0.3, -0.25) is 0 Å². The van der Waals surface area contributed by atoms with E-state index in [2.05, 4.69) is 0 Å². The summed E-state index contributed by atoms with van der Waals surface area (Å²) in [7, 11) is 0. The average molecular weight is 288 g/mol. The summed E-state index contributed by atoms with van der Waals surface area (Å²) in [4.78, 5) is 0. The van der Waals surface area contributed by atoms with Crippen LogP contribution in [0.15, 0.2) is 54.6 Å². The Morgan fingerprint density at radius 2 is 1.31 bits per heavy atom. The Morgan fingerprint density at radius 1 is 0.750 bits per heavy atom. The van der Waals surface area contributed by atoms with Gasteiger partial charge in [-0.05, 0) is 16.4 Å². The summed E-state index contributed by atoms with van der Waals surface area (Å²) in [6.07, 6.45) is 0. The van der Waals surface area contributed by atoms with Crippen LogP contribution in [0.5, 0.6) is 0 Å². The van der Waals surface area contributed by atoms with E-state index in [9.17, 15) is 0 Å². The fraction of sp³-hybridized carbons (Fsp3) is 0. The first-order chi connectivity index (χ1) is 7.62. The number of hydrogen-bond donors (Lipinski definition) is 0. The topological polar surface area (TPSA) is 0 Å². The lowest BCUT2D eigenvalue weighted by Crippen LogP contribution is -2.49. The molecule has 0 unspecified atom stereocenters. The first kappa shape index (κ1) is 12.0. The maximum Gasteiger partial charge on any atom is 0.311 e. The van der Waals surface area contributed by atoms with E-state index in [1.54, 1.807) is 0 Å². The summed E-state index contributed by atoms with van der Waals surface area (Å²) in [6, 6.07) is 17.1. The molecule has 0 saturated heterocycles. The average Bonchev–Trinajstić information content (AvgIpc) is 2.30. The number of benzene rings is 2. The van der Waals surface area contributed by atoms with Gasteiger partial charge in [-0.1, -0.05) is 60.1 Å². The van der Waals surface area contributed by atoms with Gasteiger partial charge in [0.1, 0.15) is 0 Å². The SMILES string of the molecule is Clc1ccccc1[Si](Cl)(Cl)c1ccccc1. The molecule has 2 rings (SSSR count). The van der Waals surface area contributed by atoms with Gasteiger partial charge in [0.15, 0.2) is 0 Å². The van der Waals surface area contributed by atoms with Gasteiger partial charge < -0.3 is 0 Å². The second-order valence-electron chi connectivity index (χ2n) is 3.42. The summed E-state index contributed by atoms with van der Waals surface area (Å²) >= 11 is 19.1. The molecule has 16 heavy (non-hydrogen) atoms. The van der Waals surface area contributed by atoms with Gasteiger partial charge in [0.05, 0.1) is 0 Å². The summed E-state index contributed by atoms with van der Waals surface area (Å²) in [6.45, 7) is -2.69. The van der Waals surface area contributed by atoms with Gasteiger partial charge in [0.25, 0.3) is 0 Å². The van der Waals surface area contributed by atoms with Crippen LogP contribution in [-0.2, 0) is 0 Å². The van der Waals surface area contributed by atoms with E-state index in [1.165, 1.54) is 0 Å². The van der Waals surface area contributed by atoms with Gasteiger partial charge in [-0.15, -0.1) is 22.2 Å². The summed E-state index contributed by atoms with van der Waals surface area (Å²) < 4.78 is 0. The zero-order valence-corrected chi connectivity index (χ0v) is 11.6. The van der Waals surface area contributed by atoms with Crippen LogP contribution < -0.4 is 10.4 Å². The van der Waals surface area contributed by atoms with Crippen molar-refractivity contribution in [1.82, 2.24) is 0 Å². The third-order valence-electron chi connectivity index (χ3n) is 2.35. The molecule has 2 aromatic rings. The second-order valence-corrected chi connectivity index (χ2v) is 10.1. The van der Waals surface area contributed by atoms with E-state index in [4.69, 9.17) is 33.8 Å². The first-order valence-corrected chi connectivity index (χ1v) is 9.21. The molecule has 4 heteroatoms. The Bertz CT molecular complexity index is 483. The molecule has 0 spiro atoms. The van der Waals surface area contributed by atoms with Crippen molar-refractivity contribution >= 4 is 50.8 Å². The first-order valence-electron chi connectivity index (χ1n) is 4.80. The lowest BCUT2D eigenvalue weighted by Gasteiger charge is -2.18. The molecular formula is C12H9Cl3Si.